The van der Waals surface area contributed by atoms with Crippen LogP contribution in [0.4, 0.5) is 0 Å². The summed E-state index contributed by atoms with van der Waals surface area (Å²) in [5, 5.41) is 2.65. The molecule has 33 heavy (non-hydrogen) atoms. The van der Waals surface area contributed by atoms with Gasteiger partial charge in [-0.3, -0.25) is 0 Å². The van der Waals surface area contributed by atoms with Gasteiger partial charge < -0.3 is 4.74 Å². The zero-order valence-corrected chi connectivity index (χ0v) is 18.7. The standard InChI is InChI=1S/C30H19BOS/c1-2-10-20(11-3-1)21-12-8-13-22-23-14-9-17-26(30(23)33-29(21)22)31-24-15-4-6-18-27(24)32-28-19-7-5-16-25(28)31/h1-19H. The first kappa shape index (κ1) is 18.7. The lowest BCUT2D eigenvalue weighted by Crippen LogP contribution is -2.54. The lowest BCUT2D eigenvalue weighted by molar-refractivity contribution is 0.487. The van der Waals surface area contributed by atoms with Crippen LogP contribution in [-0.2, 0) is 0 Å². The summed E-state index contributed by atoms with van der Waals surface area (Å²) in [6.07, 6.45) is 0. The number of thiophene rings is 1. The molecule has 0 aliphatic carbocycles. The van der Waals surface area contributed by atoms with E-state index in [4.69, 9.17) is 4.74 Å². The minimum Gasteiger partial charge on any atom is -0.458 e. The van der Waals surface area contributed by atoms with Gasteiger partial charge >= 0.3 is 0 Å². The summed E-state index contributed by atoms with van der Waals surface area (Å²) >= 11 is 1.91. The van der Waals surface area contributed by atoms with Gasteiger partial charge in [0.25, 0.3) is 6.71 Å². The van der Waals surface area contributed by atoms with Gasteiger partial charge in [-0.15, -0.1) is 11.3 Å². The Morgan fingerprint density at radius 1 is 0.485 bits per heavy atom. The van der Waals surface area contributed by atoms with Crippen LogP contribution in [0, 0.1) is 0 Å². The molecule has 0 fully saturated rings. The molecule has 0 atom stereocenters. The van der Waals surface area contributed by atoms with Gasteiger partial charge in [0, 0.05) is 14.8 Å². The SMILES string of the molecule is c1ccc(-c2cccc3c2sc2c(B4c5ccccc5Oc5ccccc54)cccc23)cc1. The zero-order chi connectivity index (χ0) is 21.8. The van der Waals surface area contributed by atoms with E-state index in [0.29, 0.717) is 0 Å². The molecule has 0 spiro atoms. The molecule has 0 radical (unpaired) electrons. The van der Waals surface area contributed by atoms with Gasteiger partial charge in [0.2, 0.25) is 0 Å². The van der Waals surface area contributed by atoms with Crippen LogP contribution in [0.5, 0.6) is 11.5 Å². The second-order valence-corrected chi connectivity index (χ2v) is 9.51. The quantitative estimate of drug-likeness (QED) is 0.286. The fourth-order valence-corrected chi connectivity index (χ4v) is 6.54. The van der Waals surface area contributed by atoms with Gasteiger partial charge in [-0.05, 0) is 39.6 Å². The summed E-state index contributed by atoms with van der Waals surface area (Å²) in [7, 11) is 0. The largest absolute Gasteiger partial charge is 0.458 e. The van der Waals surface area contributed by atoms with Gasteiger partial charge in [-0.25, -0.2) is 0 Å². The summed E-state index contributed by atoms with van der Waals surface area (Å²) in [6, 6.07) is 41.1. The maximum Gasteiger partial charge on any atom is 0.252 e. The molecule has 6 aromatic rings. The molecule has 0 amide bonds. The Morgan fingerprint density at radius 2 is 1.06 bits per heavy atom. The van der Waals surface area contributed by atoms with Crippen molar-refractivity contribution in [2.75, 3.05) is 0 Å². The summed E-state index contributed by atoms with van der Waals surface area (Å²) < 4.78 is 8.98. The Morgan fingerprint density at radius 3 is 1.79 bits per heavy atom. The highest BCUT2D eigenvalue weighted by atomic mass is 32.1. The Kier molecular flexibility index (Phi) is 4.18. The minimum atomic E-state index is 0.142. The number of ether oxygens (including phenoxy) is 1. The Hall–Kier alpha value is -3.82. The lowest BCUT2D eigenvalue weighted by atomic mass is 9.36. The van der Waals surface area contributed by atoms with Crippen molar-refractivity contribution in [2.45, 2.75) is 0 Å². The van der Waals surface area contributed by atoms with E-state index < -0.39 is 0 Å². The van der Waals surface area contributed by atoms with E-state index in [1.807, 2.05) is 11.3 Å². The first-order valence-electron chi connectivity index (χ1n) is 11.2. The fraction of sp³-hybridized carbons (Fsp3) is 0. The topological polar surface area (TPSA) is 9.23 Å². The molecule has 1 nitrogen and oxygen atoms in total. The molecule has 1 aromatic heterocycles. The zero-order valence-electron chi connectivity index (χ0n) is 17.9. The maximum absolute atomic E-state index is 6.28. The Labute approximate surface area is 197 Å². The summed E-state index contributed by atoms with van der Waals surface area (Å²) in [6.45, 7) is 0.142. The van der Waals surface area contributed by atoms with Crippen molar-refractivity contribution in [1.29, 1.82) is 0 Å². The molecule has 5 aromatic carbocycles. The highest BCUT2D eigenvalue weighted by molar-refractivity contribution is 7.28. The number of para-hydroxylation sites is 2. The molecule has 1 aliphatic rings. The van der Waals surface area contributed by atoms with E-state index >= 15 is 0 Å². The second kappa shape index (κ2) is 7.36. The predicted octanol–water partition coefficient (Wildman–Crippen LogP) is 6.34. The first-order valence-corrected chi connectivity index (χ1v) is 12.1. The molecule has 0 saturated heterocycles. The first-order chi connectivity index (χ1) is 16.4. The van der Waals surface area contributed by atoms with Gasteiger partial charge in [0.1, 0.15) is 11.5 Å². The number of fused-ring (bicyclic) bond motifs is 5. The fourth-order valence-electron chi connectivity index (χ4n) is 5.16. The van der Waals surface area contributed by atoms with Gasteiger partial charge in [-0.2, -0.15) is 0 Å². The molecule has 3 heteroatoms. The van der Waals surface area contributed by atoms with Crippen molar-refractivity contribution in [3.63, 3.8) is 0 Å². The van der Waals surface area contributed by atoms with Crippen molar-refractivity contribution in [3.05, 3.63) is 115 Å². The predicted molar refractivity (Wildman–Crippen MR) is 142 cm³/mol. The molecular weight excluding hydrogens is 419 g/mol. The molecule has 1 aliphatic heterocycles. The Bertz CT molecular complexity index is 1610. The molecule has 0 N–H and O–H groups in total. The number of benzene rings is 5. The molecular formula is C30H19BOS. The average Bonchev–Trinajstić information content (AvgIpc) is 3.27. The lowest BCUT2D eigenvalue weighted by Gasteiger charge is -2.26. The van der Waals surface area contributed by atoms with E-state index in [9.17, 15) is 0 Å². The summed E-state index contributed by atoms with van der Waals surface area (Å²) in [4.78, 5) is 0. The number of hydrogen-bond acceptors (Lipinski definition) is 2. The molecule has 154 valence electrons. The van der Waals surface area contributed by atoms with Crippen LogP contribution in [0.3, 0.4) is 0 Å². The third-order valence-corrected chi connectivity index (χ3v) is 7.93. The van der Waals surface area contributed by atoms with E-state index in [1.54, 1.807) is 0 Å². The van der Waals surface area contributed by atoms with Crippen LogP contribution in [0.15, 0.2) is 115 Å². The number of rotatable bonds is 2. The van der Waals surface area contributed by atoms with Gasteiger partial charge in [-0.1, -0.05) is 109 Å². The maximum atomic E-state index is 6.28. The molecule has 7 rings (SSSR count). The number of hydrogen-bond donors (Lipinski definition) is 0. The van der Waals surface area contributed by atoms with E-state index in [2.05, 4.69) is 115 Å². The second-order valence-electron chi connectivity index (χ2n) is 8.48. The van der Waals surface area contributed by atoms with Crippen LogP contribution >= 0.6 is 11.3 Å². The van der Waals surface area contributed by atoms with Gasteiger partial charge in [0.05, 0.1) is 0 Å². The monoisotopic (exact) mass is 438 g/mol. The minimum absolute atomic E-state index is 0.142. The van der Waals surface area contributed by atoms with E-state index in [-0.39, 0.29) is 6.71 Å². The summed E-state index contributed by atoms with van der Waals surface area (Å²) in [5.41, 5.74) is 6.36. The van der Waals surface area contributed by atoms with Crippen molar-refractivity contribution in [2.24, 2.45) is 0 Å². The van der Waals surface area contributed by atoms with Crippen LogP contribution in [0.2, 0.25) is 0 Å². The van der Waals surface area contributed by atoms with Crippen LogP contribution < -0.4 is 21.1 Å². The van der Waals surface area contributed by atoms with Crippen LogP contribution in [0.25, 0.3) is 31.3 Å². The van der Waals surface area contributed by atoms with Crippen molar-refractivity contribution in [3.8, 4) is 22.6 Å². The van der Waals surface area contributed by atoms with E-state index in [0.717, 1.165) is 11.5 Å². The third kappa shape index (κ3) is 2.86. The average molecular weight is 438 g/mol. The highest BCUT2D eigenvalue weighted by Crippen LogP contribution is 2.39. The third-order valence-electron chi connectivity index (χ3n) is 6.63. The van der Waals surface area contributed by atoms with Crippen molar-refractivity contribution < 1.29 is 4.74 Å². The van der Waals surface area contributed by atoms with Gasteiger partial charge in [0.15, 0.2) is 0 Å². The van der Waals surface area contributed by atoms with Crippen LogP contribution in [0.1, 0.15) is 0 Å². The highest BCUT2D eigenvalue weighted by Gasteiger charge is 2.33. The normalized spacial score (nSPS) is 12.4. The molecule has 0 unspecified atom stereocenters. The molecule has 2 heterocycles. The van der Waals surface area contributed by atoms with Crippen molar-refractivity contribution in [1.82, 2.24) is 0 Å². The molecule has 0 bridgehead atoms. The molecule has 0 saturated carbocycles. The van der Waals surface area contributed by atoms with Crippen molar-refractivity contribution >= 4 is 54.6 Å². The van der Waals surface area contributed by atoms with E-state index in [1.165, 1.54) is 47.7 Å². The summed E-state index contributed by atoms with van der Waals surface area (Å²) in [5.74, 6) is 1.90. The smallest absolute Gasteiger partial charge is 0.252 e. The van der Waals surface area contributed by atoms with Crippen LogP contribution in [-0.4, -0.2) is 6.71 Å². The Balaban J connectivity index is 1.53.